The molecule has 9 heteroatoms. The van der Waals surface area contributed by atoms with Crippen molar-refractivity contribution in [3.63, 3.8) is 0 Å². The van der Waals surface area contributed by atoms with Gasteiger partial charge in [-0.3, -0.25) is 9.59 Å². The number of methoxy groups -OCH3 is 1. The van der Waals surface area contributed by atoms with Crippen LogP contribution in [0.25, 0.3) is 5.57 Å². The van der Waals surface area contributed by atoms with Crippen molar-refractivity contribution in [3.8, 4) is 11.5 Å². The van der Waals surface area contributed by atoms with E-state index in [1.807, 2.05) is 13.8 Å². The highest BCUT2D eigenvalue weighted by molar-refractivity contribution is 6.28. The van der Waals surface area contributed by atoms with Gasteiger partial charge in [0.05, 0.1) is 13.7 Å². The Morgan fingerprint density at radius 1 is 0.975 bits per heavy atom. The molecule has 1 aliphatic rings. The van der Waals surface area contributed by atoms with Gasteiger partial charge >= 0.3 is 6.18 Å². The number of nitrogens with one attached hydrogen (secondary N) is 2. The lowest BCUT2D eigenvalue weighted by molar-refractivity contribution is -0.201. The first-order valence-electron chi connectivity index (χ1n) is 13.0. The monoisotopic (exact) mass is 552 g/mol. The molecule has 40 heavy (non-hydrogen) atoms. The van der Waals surface area contributed by atoms with Crippen molar-refractivity contribution < 1.29 is 32.2 Å². The molecule has 0 aromatic heterocycles. The van der Waals surface area contributed by atoms with Crippen LogP contribution in [0.1, 0.15) is 42.9 Å². The van der Waals surface area contributed by atoms with E-state index in [4.69, 9.17) is 9.47 Å². The SMILES string of the molecule is CCCCOc1ccc([C@@]2(C(F)(F)F)CC(c3ccc(C)cc3)=C(C(=O)Nc3ccc(OC)cc3)C(=O)N2)cc1. The van der Waals surface area contributed by atoms with Crippen LogP contribution in [-0.4, -0.2) is 31.7 Å². The molecule has 1 aliphatic heterocycles. The number of alkyl halides is 3. The van der Waals surface area contributed by atoms with E-state index in [0.29, 0.717) is 29.4 Å². The van der Waals surface area contributed by atoms with E-state index >= 15 is 0 Å². The normalized spacial score (nSPS) is 17.3. The molecule has 0 saturated heterocycles. The predicted octanol–water partition coefficient (Wildman–Crippen LogP) is 6.55. The van der Waals surface area contributed by atoms with Gasteiger partial charge in [-0.15, -0.1) is 0 Å². The molecule has 0 unspecified atom stereocenters. The van der Waals surface area contributed by atoms with Gasteiger partial charge in [-0.25, -0.2) is 0 Å². The number of hydrogen-bond donors (Lipinski definition) is 2. The smallest absolute Gasteiger partial charge is 0.416 e. The summed E-state index contributed by atoms with van der Waals surface area (Å²) in [4.78, 5) is 26.9. The van der Waals surface area contributed by atoms with Crippen molar-refractivity contribution >= 4 is 23.1 Å². The maximum absolute atomic E-state index is 14.9. The Balaban J connectivity index is 1.78. The molecule has 1 heterocycles. The number of aryl methyl sites for hydroxylation is 1. The van der Waals surface area contributed by atoms with E-state index < -0.39 is 30.0 Å². The number of rotatable bonds is 9. The van der Waals surface area contributed by atoms with Gasteiger partial charge in [0.2, 0.25) is 0 Å². The molecule has 210 valence electrons. The maximum atomic E-state index is 14.9. The van der Waals surface area contributed by atoms with Crippen LogP contribution < -0.4 is 20.1 Å². The van der Waals surface area contributed by atoms with Gasteiger partial charge in [-0.05, 0) is 66.4 Å². The van der Waals surface area contributed by atoms with Crippen molar-refractivity contribution in [1.29, 1.82) is 0 Å². The Kier molecular flexibility index (Phi) is 8.52. The highest BCUT2D eigenvalue weighted by atomic mass is 19.4. The van der Waals surface area contributed by atoms with Crippen molar-refractivity contribution in [2.24, 2.45) is 0 Å². The standard InChI is InChI=1S/C31H31F3N2O4/c1-4-5-18-40-25-14-10-22(11-15-25)30(31(32,33)34)19-26(21-8-6-20(2)7-9-21)27(29(38)36-30)28(37)35-23-12-16-24(39-3)17-13-23/h6-17H,4-5,18-19H2,1-3H3,(H,35,37)(H,36,38)/t30-/m1/s1. The second-order valence-corrected chi connectivity index (χ2v) is 9.66. The van der Waals surface area contributed by atoms with Gasteiger partial charge in [0.25, 0.3) is 11.8 Å². The molecule has 3 aromatic rings. The summed E-state index contributed by atoms with van der Waals surface area (Å²) < 4.78 is 55.5. The minimum absolute atomic E-state index is 0.00430. The van der Waals surface area contributed by atoms with Gasteiger partial charge in [0.15, 0.2) is 5.54 Å². The number of unbranched alkanes of at least 4 members (excludes halogenated alkanes) is 1. The maximum Gasteiger partial charge on any atom is 0.416 e. The molecular formula is C31H31F3N2O4. The summed E-state index contributed by atoms with van der Waals surface area (Å²) in [5.74, 6) is -0.933. The Morgan fingerprint density at radius 3 is 2.17 bits per heavy atom. The molecule has 2 amide bonds. The lowest BCUT2D eigenvalue weighted by Gasteiger charge is -2.41. The summed E-state index contributed by atoms with van der Waals surface area (Å²) in [6, 6.07) is 18.6. The Hall–Kier alpha value is -4.27. The highest BCUT2D eigenvalue weighted by Crippen LogP contribution is 2.48. The first-order valence-corrected chi connectivity index (χ1v) is 13.0. The van der Waals surface area contributed by atoms with Gasteiger partial charge in [0, 0.05) is 12.1 Å². The first kappa shape index (κ1) is 28.7. The molecule has 0 radical (unpaired) electrons. The van der Waals surface area contributed by atoms with E-state index in [9.17, 15) is 22.8 Å². The zero-order chi connectivity index (χ0) is 28.9. The average Bonchev–Trinajstić information content (AvgIpc) is 2.93. The molecule has 0 fully saturated rings. The second-order valence-electron chi connectivity index (χ2n) is 9.66. The number of carbonyl (C=O) groups excluding carboxylic acids is 2. The molecule has 0 spiro atoms. The van der Waals surface area contributed by atoms with Crippen molar-refractivity contribution in [1.82, 2.24) is 5.32 Å². The molecule has 3 aromatic carbocycles. The summed E-state index contributed by atoms with van der Waals surface area (Å²) in [6.45, 7) is 4.30. The molecule has 1 atom stereocenters. The third kappa shape index (κ3) is 5.98. The van der Waals surface area contributed by atoms with E-state index in [1.54, 1.807) is 48.5 Å². The fourth-order valence-corrected chi connectivity index (χ4v) is 4.58. The minimum atomic E-state index is -4.87. The number of ether oxygens (including phenoxy) is 2. The Bertz CT molecular complexity index is 1380. The van der Waals surface area contributed by atoms with E-state index in [0.717, 1.165) is 18.4 Å². The predicted molar refractivity (Wildman–Crippen MR) is 147 cm³/mol. The summed E-state index contributed by atoms with van der Waals surface area (Å²) in [5, 5.41) is 4.79. The summed E-state index contributed by atoms with van der Waals surface area (Å²) >= 11 is 0. The third-order valence-corrected chi connectivity index (χ3v) is 6.87. The van der Waals surface area contributed by atoms with Crippen molar-refractivity contribution in [2.45, 2.75) is 44.8 Å². The van der Waals surface area contributed by atoms with E-state index in [1.165, 1.54) is 31.4 Å². The van der Waals surface area contributed by atoms with Crippen LogP contribution in [0.5, 0.6) is 11.5 Å². The van der Waals surface area contributed by atoms with Crippen molar-refractivity contribution in [3.05, 3.63) is 95.1 Å². The van der Waals surface area contributed by atoms with Crippen LogP contribution in [0, 0.1) is 6.92 Å². The third-order valence-electron chi connectivity index (χ3n) is 6.87. The van der Waals surface area contributed by atoms with Gasteiger partial charge in [-0.2, -0.15) is 13.2 Å². The number of halogens is 3. The van der Waals surface area contributed by atoms with Crippen LogP contribution in [0.15, 0.2) is 78.4 Å². The zero-order valence-electron chi connectivity index (χ0n) is 22.5. The van der Waals surface area contributed by atoms with Crippen LogP contribution >= 0.6 is 0 Å². The first-order chi connectivity index (χ1) is 19.1. The lowest BCUT2D eigenvalue weighted by Crippen LogP contribution is -2.59. The number of hydrogen-bond acceptors (Lipinski definition) is 4. The van der Waals surface area contributed by atoms with Gasteiger partial charge in [-0.1, -0.05) is 55.3 Å². The van der Waals surface area contributed by atoms with Crippen LogP contribution in [0.3, 0.4) is 0 Å². The van der Waals surface area contributed by atoms with E-state index in [2.05, 4.69) is 10.6 Å². The molecule has 0 aliphatic carbocycles. The number of benzene rings is 3. The highest BCUT2D eigenvalue weighted by Gasteiger charge is 2.60. The largest absolute Gasteiger partial charge is 0.497 e. The molecular weight excluding hydrogens is 521 g/mol. The molecule has 4 rings (SSSR count). The van der Waals surface area contributed by atoms with Gasteiger partial charge in [0.1, 0.15) is 17.1 Å². The Morgan fingerprint density at radius 2 is 1.60 bits per heavy atom. The fourth-order valence-electron chi connectivity index (χ4n) is 4.58. The summed E-state index contributed by atoms with van der Waals surface area (Å²) in [7, 11) is 1.50. The fraction of sp³-hybridized carbons (Fsp3) is 0.290. The number of amides is 2. The van der Waals surface area contributed by atoms with Crippen LogP contribution in [0.2, 0.25) is 0 Å². The quantitative estimate of drug-likeness (QED) is 0.233. The molecule has 0 saturated carbocycles. The molecule has 6 nitrogen and oxygen atoms in total. The zero-order valence-corrected chi connectivity index (χ0v) is 22.5. The summed E-state index contributed by atoms with van der Waals surface area (Å²) in [6.07, 6.45) is -3.81. The number of carbonyl (C=O) groups is 2. The molecule has 0 bridgehead atoms. The van der Waals surface area contributed by atoms with E-state index in [-0.39, 0.29) is 16.7 Å². The number of anilines is 1. The second kappa shape index (κ2) is 11.9. The Labute approximate surface area is 231 Å². The van der Waals surface area contributed by atoms with Crippen LogP contribution in [-0.2, 0) is 15.1 Å². The average molecular weight is 553 g/mol. The van der Waals surface area contributed by atoms with Crippen LogP contribution in [0.4, 0.5) is 18.9 Å². The van der Waals surface area contributed by atoms with Gasteiger partial charge < -0.3 is 20.1 Å². The van der Waals surface area contributed by atoms with Crippen molar-refractivity contribution in [2.75, 3.05) is 19.0 Å². The molecule has 2 N–H and O–H groups in total. The summed E-state index contributed by atoms with van der Waals surface area (Å²) in [5.41, 5.74) is -1.69. The minimum Gasteiger partial charge on any atom is -0.497 e. The topological polar surface area (TPSA) is 76.7 Å². The lowest BCUT2D eigenvalue weighted by atomic mass is 9.76.